The summed E-state index contributed by atoms with van der Waals surface area (Å²) in [5.74, 6) is 4.08. The molecule has 6 bridgehead atoms. The first-order chi connectivity index (χ1) is 68.0. The number of rotatable bonds is 20. The van der Waals surface area contributed by atoms with Gasteiger partial charge in [-0.1, -0.05) is 30.3 Å². The van der Waals surface area contributed by atoms with Gasteiger partial charge >= 0.3 is 0 Å². The summed E-state index contributed by atoms with van der Waals surface area (Å²) in [6, 6.07) is 51.3. The van der Waals surface area contributed by atoms with Crippen LogP contribution < -0.4 is 41.0 Å². The number of anilines is 1. The molecule has 0 spiro atoms. The summed E-state index contributed by atoms with van der Waals surface area (Å²) >= 11 is 0. The number of aromatic amines is 4. The number of benzene rings is 5. The zero-order valence-corrected chi connectivity index (χ0v) is 81.4. The predicted octanol–water partition coefficient (Wildman–Crippen LogP) is 17.4. The molecule has 730 valence electrons. The molecule has 8 fully saturated rings. The number of phenols is 5. The van der Waals surface area contributed by atoms with E-state index in [-0.39, 0.29) is 63.1 Å². The van der Waals surface area contributed by atoms with E-state index in [0.717, 1.165) is 137 Å². The van der Waals surface area contributed by atoms with Gasteiger partial charge < -0.3 is 66.5 Å². The molecular weight excluding hydrogens is 1770 g/mol. The number of aryl methyl sites for hydroxylation is 1. The van der Waals surface area contributed by atoms with Gasteiger partial charge in [-0.05, 0) is 307 Å². The first-order valence-corrected chi connectivity index (χ1v) is 49.2. The van der Waals surface area contributed by atoms with E-state index >= 15 is 0 Å². The third-order valence-corrected chi connectivity index (χ3v) is 28.5. The van der Waals surface area contributed by atoms with Crippen LogP contribution in [0.15, 0.2) is 214 Å². The number of piperidine rings is 5. The molecule has 15 aromatic rings. The minimum Gasteiger partial charge on any atom is -0.507 e. The molecule has 141 heavy (non-hydrogen) atoms. The molecule has 8 saturated heterocycles. The predicted molar refractivity (Wildman–Crippen MR) is 542 cm³/mol. The fourth-order valence-corrected chi connectivity index (χ4v) is 22.7. The molecule has 33 nitrogen and oxygen atoms in total. The maximum absolute atomic E-state index is 10.5. The van der Waals surface area contributed by atoms with Crippen LogP contribution in [-0.4, -0.2) is 211 Å². The van der Waals surface area contributed by atoms with Crippen LogP contribution in [0.2, 0.25) is 0 Å². The summed E-state index contributed by atoms with van der Waals surface area (Å²) < 4.78 is 13.9. The van der Waals surface area contributed by atoms with E-state index in [2.05, 4.69) is 197 Å². The Morgan fingerprint density at radius 1 is 0.333 bits per heavy atom. The van der Waals surface area contributed by atoms with Gasteiger partial charge in [0.2, 0.25) is 11.8 Å². The highest BCUT2D eigenvalue weighted by Crippen LogP contribution is 2.43. The Kier molecular flexibility index (Phi) is 28.0. The van der Waals surface area contributed by atoms with E-state index in [1.165, 1.54) is 51.4 Å². The molecule has 9 atom stereocenters. The van der Waals surface area contributed by atoms with Crippen molar-refractivity contribution in [1.29, 1.82) is 0 Å². The lowest BCUT2D eigenvalue weighted by molar-refractivity contribution is 0.0524. The fourth-order valence-electron chi connectivity index (χ4n) is 22.7. The Hall–Kier alpha value is -14.3. The number of nitrogens with zero attached hydrogens (tertiary/aromatic N) is 17. The van der Waals surface area contributed by atoms with Crippen LogP contribution in [0, 0.1) is 11.8 Å². The number of hydrogen-bond donors (Lipinski definition) is 14. The second-order valence-corrected chi connectivity index (χ2v) is 41.9. The summed E-state index contributed by atoms with van der Waals surface area (Å²) in [4.78, 5) is 2.25. The second-order valence-electron chi connectivity index (χ2n) is 41.9. The van der Waals surface area contributed by atoms with Crippen LogP contribution >= 0.6 is 0 Å². The summed E-state index contributed by atoms with van der Waals surface area (Å²) in [5, 5.41) is 145. The molecule has 0 radical (unpaired) electrons. The highest BCUT2D eigenvalue weighted by molar-refractivity contribution is 5.79. The number of ether oxygens (including phenoxy) is 2. The fraction of sp³-hybridized carbons (Fsp3) is 0.398. The number of phenolic OH excluding ortho intramolecular Hbond substituents is 5. The van der Waals surface area contributed by atoms with Crippen molar-refractivity contribution in [3.63, 3.8) is 0 Å². The number of hydrogen-bond acceptors (Lipinski definition) is 28. The topological polar surface area (TPSA) is 444 Å². The van der Waals surface area contributed by atoms with Crippen LogP contribution in [0.3, 0.4) is 0 Å². The van der Waals surface area contributed by atoms with Crippen molar-refractivity contribution in [2.24, 2.45) is 18.9 Å². The average Bonchev–Trinajstić information content (AvgIpc) is 1.02. The molecule has 18 heterocycles. The number of aromatic hydroxyl groups is 5. The zero-order valence-electron chi connectivity index (χ0n) is 81.4. The Labute approximate surface area is 820 Å². The Bertz CT molecular complexity index is 6460. The van der Waals surface area contributed by atoms with Crippen molar-refractivity contribution in [1.82, 2.24) is 128 Å². The van der Waals surface area contributed by atoms with Crippen LogP contribution in [0.25, 0.3) is 112 Å². The molecule has 8 aliphatic rings. The van der Waals surface area contributed by atoms with Gasteiger partial charge in [0.15, 0.2) is 5.82 Å². The van der Waals surface area contributed by atoms with Gasteiger partial charge in [0, 0.05) is 190 Å². The highest BCUT2D eigenvalue weighted by atomic mass is 16.5. The summed E-state index contributed by atoms with van der Waals surface area (Å²) in [7, 11) is 3.97. The van der Waals surface area contributed by atoms with Crippen molar-refractivity contribution >= 4 is 5.82 Å². The van der Waals surface area contributed by atoms with Crippen LogP contribution in [0.4, 0.5) is 5.82 Å². The summed E-state index contributed by atoms with van der Waals surface area (Å²) in [5.41, 5.74) is 18.0. The summed E-state index contributed by atoms with van der Waals surface area (Å²) in [6.45, 7) is 17.8. The third-order valence-electron chi connectivity index (χ3n) is 28.5. The van der Waals surface area contributed by atoms with Gasteiger partial charge in [0.1, 0.15) is 41.0 Å². The molecule has 0 aliphatic carbocycles. The molecule has 0 saturated carbocycles. The van der Waals surface area contributed by atoms with Crippen molar-refractivity contribution in [2.45, 2.75) is 248 Å². The molecule has 10 aromatic heterocycles. The Morgan fingerprint density at radius 2 is 0.660 bits per heavy atom. The van der Waals surface area contributed by atoms with Gasteiger partial charge in [-0.3, -0.25) is 25.1 Å². The van der Waals surface area contributed by atoms with Crippen LogP contribution in [0.5, 0.6) is 40.5 Å². The lowest BCUT2D eigenvalue weighted by Crippen LogP contribution is -2.60. The molecule has 8 aliphatic heterocycles. The van der Waals surface area contributed by atoms with E-state index in [4.69, 9.17) is 9.47 Å². The standard InChI is InChI=1S/C23H29N5O2.C23H29N5O.C21H24N6O.C21H23N5O.C20H21N5O2/c1-22(2)11-17(12-23(3,4)27-22)30-21-9-8-19(25-26-21)18-7-6-15(10-20(18)29)16-13-24-28(5)14-16;1-22(2)11-15(12-23(3,4)28-22)9-18-6-8-20(27-26-18)19-7-5-16(10-21(19)29)17-13-24-25-14-17;1-27(17-9-15-3-4-16(10-17)24-15)21-7-6-19(25-26-21)18-5-2-13(8-20(18)28)14-11-22-23-12-14;27-21-10-14(15-11-22-23-12-15)1-5-19(21)20-6-4-18(25-26-20)9-13-7-16-2-3-17(8-13)24-16;26-19-7-12(13-10-21-22-11-13)1-4-17(19)18-5-6-20(25-24-18)27-16-8-14-2-3-15(9-16)23-14/h6-10,13-14,17,27,29H,11-12H2,1-5H3;5-8,10,13-15,28-29H,9,11-12H2,1-4H3,(H,24,25);2,5-8,11-12,15-17,24,28H,3-4,9-10H2,1H3,(H,22,23);1,4-6,10-13,16-17,24,27H,2-3,7-9H2,(H,22,23);1,4-7,10-11,14-16,23,26H,2-3,8-9H2,(H,21,22)/t;;15-,16+,17?;13?,16-,17+;14-,15+,16?. The van der Waals surface area contributed by atoms with Crippen LogP contribution in [0.1, 0.15) is 170 Å². The quantitative estimate of drug-likeness (QED) is 0.0337. The van der Waals surface area contributed by atoms with Crippen molar-refractivity contribution in [2.75, 3.05) is 11.9 Å². The Morgan fingerprint density at radius 3 is 0.979 bits per heavy atom. The van der Waals surface area contributed by atoms with E-state index in [1.54, 1.807) is 90.8 Å². The van der Waals surface area contributed by atoms with Crippen LogP contribution in [-0.2, 0) is 19.9 Å². The lowest BCUT2D eigenvalue weighted by atomic mass is 9.74. The maximum Gasteiger partial charge on any atom is 0.233 e. The van der Waals surface area contributed by atoms with Gasteiger partial charge in [-0.2, -0.15) is 45.9 Å². The first kappa shape index (κ1) is 95.7. The van der Waals surface area contributed by atoms with Gasteiger partial charge in [-0.15, -0.1) is 30.6 Å². The van der Waals surface area contributed by atoms with E-state index in [9.17, 15) is 25.5 Å². The molecule has 3 unspecified atom stereocenters. The zero-order chi connectivity index (χ0) is 97.7. The van der Waals surface area contributed by atoms with Crippen molar-refractivity contribution in [3.05, 3.63) is 225 Å². The third kappa shape index (κ3) is 23.8. The number of nitrogens with one attached hydrogen (secondary N) is 9. The molecule has 5 aromatic carbocycles. The molecule has 14 N–H and O–H groups in total. The average molecular weight is 1900 g/mol. The minimum absolute atomic E-state index is 0.00158. The molecule has 23 rings (SSSR count). The smallest absolute Gasteiger partial charge is 0.233 e. The van der Waals surface area contributed by atoms with E-state index in [0.29, 0.717) is 122 Å². The number of H-pyrrole nitrogens is 4. The lowest BCUT2D eigenvalue weighted by Gasteiger charge is -2.46. The van der Waals surface area contributed by atoms with Crippen molar-refractivity contribution in [3.8, 4) is 152 Å². The van der Waals surface area contributed by atoms with E-state index in [1.807, 2.05) is 129 Å². The Balaban J connectivity index is 0.000000112. The highest BCUT2D eigenvalue weighted by Gasteiger charge is 2.42. The number of fused-ring (bicyclic) bond motifs is 6. The maximum atomic E-state index is 10.5. The molecule has 0 amide bonds. The monoisotopic (exact) mass is 1900 g/mol. The van der Waals surface area contributed by atoms with Gasteiger partial charge in [0.05, 0.1) is 70.8 Å². The van der Waals surface area contributed by atoms with Crippen molar-refractivity contribution < 1.29 is 35.0 Å². The SMILES string of the molecule is CC1(C)CC(Cc2ccc(-c3ccc(-c4cn[nH]c4)cc3O)nn2)CC(C)(C)N1.CN(c1ccc(-c2ccc(-c3cn[nH]c3)cc2O)nn1)C1C[C@H]2CC[C@@H](C1)N2.Cn1cc(-c2ccc(-c3ccc(OC4CC(C)(C)NC(C)(C)C4)nn3)c(O)c2)cn1.Oc1cc(-c2cn[nH]c2)ccc1-c1ccc(CC2C[C@H]3CC[C@@H](C2)N3)nn1.Oc1cc(-c2cn[nH]c2)ccc1-c1ccc(OC2C[C@H]3CC[C@@H](C2)N3)nn1. The number of aromatic nitrogens is 20. The van der Waals surface area contributed by atoms with Gasteiger partial charge in [-0.25, -0.2) is 0 Å². The van der Waals surface area contributed by atoms with E-state index < -0.39 is 0 Å². The summed E-state index contributed by atoms with van der Waals surface area (Å²) in [6.07, 6.45) is 38.5. The molecular formula is C108H126N26O7. The largest absolute Gasteiger partial charge is 0.507 e. The second kappa shape index (κ2) is 41.3. The first-order valence-electron chi connectivity index (χ1n) is 49.2. The van der Waals surface area contributed by atoms with Gasteiger partial charge in [0.25, 0.3) is 0 Å². The minimum atomic E-state index is 0.00158. The normalized spacial score (nSPS) is 21.7. The molecule has 33 heteroatoms.